The highest BCUT2D eigenvalue weighted by atomic mass is 35.5. The van der Waals surface area contributed by atoms with Crippen LogP contribution >= 0.6 is 12.4 Å². The van der Waals surface area contributed by atoms with E-state index >= 15 is 0 Å². The van der Waals surface area contributed by atoms with Crippen LogP contribution in [0, 0.1) is 0 Å². The molecule has 13 heavy (non-hydrogen) atoms. The fraction of sp³-hybridized carbons (Fsp3) is 0.875. The van der Waals surface area contributed by atoms with Crippen molar-refractivity contribution in [2.75, 3.05) is 26.7 Å². The van der Waals surface area contributed by atoms with Crippen LogP contribution in [0.2, 0.25) is 0 Å². The second-order valence-electron chi connectivity index (χ2n) is 3.73. The van der Waals surface area contributed by atoms with Gasteiger partial charge in [0.15, 0.2) is 0 Å². The Balaban J connectivity index is 0.000000845. The highest BCUT2D eigenvalue weighted by Crippen LogP contribution is 2.28. The summed E-state index contributed by atoms with van der Waals surface area (Å²) in [5.41, 5.74) is -0.177. The number of piperidine rings is 1. The molecular weight excluding hydrogens is 192 g/mol. The predicted octanol–water partition coefficient (Wildman–Crippen LogP) is 0.612. The van der Waals surface area contributed by atoms with E-state index in [2.05, 4.69) is 17.3 Å². The highest BCUT2D eigenvalue weighted by Gasteiger charge is 2.41. The van der Waals surface area contributed by atoms with Crippen LogP contribution in [0.3, 0.4) is 0 Å². The summed E-state index contributed by atoms with van der Waals surface area (Å²) < 4.78 is 5.26. The summed E-state index contributed by atoms with van der Waals surface area (Å²) in [6.45, 7) is 2.74. The minimum atomic E-state index is -0.250. The van der Waals surface area contributed by atoms with Gasteiger partial charge in [-0.2, -0.15) is 0 Å². The average molecular weight is 207 g/mol. The van der Waals surface area contributed by atoms with Gasteiger partial charge in [0.05, 0.1) is 6.54 Å². The first-order chi connectivity index (χ1) is 5.70. The number of ether oxygens (including phenoxy) is 1. The Labute approximate surface area is 84.0 Å². The molecule has 0 aromatic carbocycles. The van der Waals surface area contributed by atoms with Crippen LogP contribution in [0.5, 0.6) is 0 Å². The van der Waals surface area contributed by atoms with Crippen molar-refractivity contribution < 1.29 is 9.53 Å². The first-order valence-electron chi connectivity index (χ1n) is 4.36. The molecule has 76 valence electrons. The highest BCUT2D eigenvalue weighted by molar-refractivity contribution is 5.85. The van der Waals surface area contributed by atoms with Gasteiger partial charge >= 0.3 is 6.09 Å². The van der Waals surface area contributed by atoms with Crippen molar-refractivity contribution in [3.63, 3.8) is 0 Å². The zero-order valence-electron chi connectivity index (χ0n) is 7.71. The molecule has 0 bridgehead atoms. The summed E-state index contributed by atoms with van der Waals surface area (Å²) in [5, 5.41) is 2.72. The van der Waals surface area contributed by atoms with Crippen molar-refractivity contribution in [1.82, 2.24) is 10.2 Å². The van der Waals surface area contributed by atoms with Gasteiger partial charge in [-0.3, -0.25) is 0 Å². The molecule has 0 aromatic rings. The maximum Gasteiger partial charge on any atom is 0.407 e. The minimum absolute atomic E-state index is 0. The van der Waals surface area contributed by atoms with Gasteiger partial charge in [0.25, 0.3) is 0 Å². The number of likely N-dealkylation sites (tertiary alicyclic amines) is 1. The van der Waals surface area contributed by atoms with Crippen molar-refractivity contribution in [1.29, 1.82) is 0 Å². The van der Waals surface area contributed by atoms with Crippen LogP contribution in [0.25, 0.3) is 0 Å². The fourth-order valence-electron chi connectivity index (χ4n) is 1.81. The third-order valence-corrected chi connectivity index (χ3v) is 2.76. The van der Waals surface area contributed by atoms with Crippen LogP contribution in [-0.4, -0.2) is 43.3 Å². The lowest BCUT2D eigenvalue weighted by Gasteiger charge is -2.35. The van der Waals surface area contributed by atoms with Crippen LogP contribution in [0.15, 0.2) is 0 Å². The summed E-state index contributed by atoms with van der Waals surface area (Å²) in [6.07, 6.45) is 1.67. The second-order valence-corrected chi connectivity index (χ2v) is 3.73. The number of rotatable bonds is 0. The zero-order chi connectivity index (χ0) is 8.60. The van der Waals surface area contributed by atoms with E-state index in [1.165, 1.54) is 0 Å². The number of carbonyl (C=O) groups is 1. The van der Waals surface area contributed by atoms with Gasteiger partial charge in [0.2, 0.25) is 0 Å². The maximum absolute atomic E-state index is 10.9. The monoisotopic (exact) mass is 206 g/mol. The predicted molar refractivity (Wildman–Crippen MR) is 51.2 cm³/mol. The maximum atomic E-state index is 10.9. The molecule has 0 radical (unpaired) electrons. The Morgan fingerprint density at radius 3 is 2.54 bits per heavy atom. The topological polar surface area (TPSA) is 41.6 Å². The molecular formula is C8H15ClN2O2. The number of alkyl carbamates (subject to hydrolysis) is 1. The standard InChI is InChI=1S/C8H14N2O2.ClH/c1-10-4-2-8(3-5-10)6-9-7(11)12-8;/h2-6H2,1H3,(H,9,11);1H. The molecule has 0 atom stereocenters. The van der Waals surface area contributed by atoms with Crippen LogP contribution in [0.1, 0.15) is 12.8 Å². The normalized spacial score (nSPS) is 26.4. The molecule has 1 amide bonds. The number of hydrogen-bond acceptors (Lipinski definition) is 3. The summed E-state index contributed by atoms with van der Waals surface area (Å²) in [5.74, 6) is 0. The van der Waals surface area contributed by atoms with Gasteiger partial charge in [-0.05, 0) is 7.05 Å². The largest absolute Gasteiger partial charge is 0.441 e. The Morgan fingerprint density at radius 1 is 1.46 bits per heavy atom. The lowest BCUT2D eigenvalue weighted by Crippen LogP contribution is -2.45. The van der Waals surface area contributed by atoms with E-state index in [0.717, 1.165) is 25.9 Å². The second kappa shape index (κ2) is 3.72. The zero-order valence-corrected chi connectivity index (χ0v) is 8.52. The van der Waals surface area contributed by atoms with E-state index in [0.29, 0.717) is 6.54 Å². The smallest absolute Gasteiger partial charge is 0.407 e. The molecule has 2 heterocycles. The number of hydrogen-bond donors (Lipinski definition) is 1. The molecule has 0 unspecified atom stereocenters. The minimum Gasteiger partial charge on any atom is -0.441 e. The van der Waals surface area contributed by atoms with Crippen molar-refractivity contribution in [2.24, 2.45) is 0 Å². The third-order valence-electron chi connectivity index (χ3n) is 2.76. The Morgan fingerprint density at radius 2 is 2.08 bits per heavy atom. The number of halogens is 1. The van der Waals surface area contributed by atoms with E-state index in [1.807, 2.05) is 0 Å². The molecule has 0 saturated carbocycles. The van der Waals surface area contributed by atoms with E-state index < -0.39 is 0 Å². The van der Waals surface area contributed by atoms with Gasteiger partial charge < -0.3 is 15.0 Å². The lowest BCUT2D eigenvalue weighted by molar-refractivity contribution is 0.00675. The van der Waals surface area contributed by atoms with E-state index in [-0.39, 0.29) is 24.1 Å². The first-order valence-corrected chi connectivity index (χ1v) is 4.36. The van der Waals surface area contributed by atoms with Crippen LogP contribution in [0.4, 0.5) is 4.79 Å². The summed E-state index contributed by atoms with van der Waals surface area (Å²) in [4.78, 5) is 13.1. The Kier molecular flexibility index (Phi) is 3.03. The van der Waals surface area contributed by atoms with Crippen molar-refractivity contribution in [2.45, 2.75) is 18.4 Å². The van der Waals surface area contributed by atoms with Gasteiger partial charge in [0.1, 0.15) is 5.60 Å². The van der Waals surface area contributed by atoms with Crippen LogP contribution < -0.4 is 5.32 Å². The molecule has 0 aliphatic carbocycles. The van der Waals surface area contributed by atoms with E-state index in [1.54, 1.807) is 0 Å². The van der Waals surface area contributed by atoms with Gasteiger partial charge in [-0.1, -0.05) is 0 Å². The van der Waals surface area contributed by atoms with Crippen molar-refractivity contribution >= 4 is 18.5 Å². The number of nitrogens with zero attached hydrogens (tertiary/aromatic N) is 1. The van der Waals surface area contributed by atoms with Crippen molar-refractivity contribution in [3.8, 4) is 0 Å². The Hall–Kier alpha value is -0.480. The molecule has 0 aromatic heterocycles. The molecule has 2 saturated heterocycles. The molecule has 2 aliphatic rings. The Bertz CT molecular complexity index is 202. The lowest BCUT2D eigenvalue weighted by atomic mass is 9.92. The number of amides is 1. The molecule has 4 nitrogen and oxygen atoms in total. The summed E-state index contributed by atoms with van der Waals surface area (Å²) in [6, 6.07) is 0. The molecule has 2 rings (SSSR count). The number of carbonyl (C=O) groups excluding carboxylic acids is 1. The van der Waals surface area contributed by atoms with Crippen LogP contribution in [-0.2, 0) is 4.74 Å². The first kappa shape index (κ1) is 10.6. The molecule has 2 aliphatic heterocycles. The SMILES string of the molecule is CN1CCC2(CC1)CNC(=O)O2.Cl. The fourth-order valence-corrected chi connectivity index (χ4v) is 1.81. The van der Waals surface area contributed by atoms with Gasteiger partial charge in [-0.15, -0.1) is 12.4 Å². The molecule has 5 heteroatoms. The molecule has 1 spiro atoms. The quantitative estimate of drug-likeness (QED) is 0.632. The molecule has 1 N–H and O–H groups in total. The molecule has 2 fully saturated rings. The number of nitrogens with one attached hydrogen (secondary N) is 1. The van der Waals surface area contributed by atoms with Crippen molar-refractivity contribution in [3.05, 3.63) is 0 Å². The summed E-state index contributed by atoms with van der Waals surface area (Å²) >= 11 is 0. The third kappa shape index (κ3) is 2.06. The van der Waals surface area contributed by atoms with E-state index in [4.69, 9.17) is 4.74 Å². The van der Waals surface area contributed by atoms with Gasteiger partial charge in [-0.25, -0.2) is 4.79 Å². The van der Waals surface area contributed by atoms with E-state index in [9.17, 15) is 4.79 Å². The summed E-state index contributed by atoms with van der Waals surface area (Å²) in [7, 11) is 2.09. The van der Waals surface area contributed by atoms with Gasteiger partial charge in [0, 0.05) is 25.9 Å². The average Bonchev–Trinajstić information content (AvgIpc) is 2.40.